The zero-order valence-corrected chi connectivity index (χ0v) is 28.0. The average Bonchev–Trinajstić information content (AvgIpc) is 3.03. The monoisotopic (exact) mass is 608 g/mol. The first-order valence-corrected chi connectivity index (χ1v) is 16.6. The Labute approximate surface area is 268 Å². The molecule has 0 atom stereocenters. The normalized spacial score (nSPS) is 11.5. The van der Waals surface area contributed by atoms with Gasteiger partial charge in [0, 0.05) is 54.7 Å². The average molecular weight is 609 g/mol. The molecule has 4 rings (SSSR count). The summed E-state index contributed by atoms with van der Waals surface area (Å²) >= 11 is 0. The van der Waals surface area contributed by atoms with Gasteiger partial charge in [0.2, 0.25) is 11.3 Å². The third-order valence-corrected chi connectivity index (χ3v) is 8.33. The Morgan fingerprint density at radius 3 is 2.49 bits per heavy atom. The second-order valence-corrected chi connectivity index (χ2v) is 12.2. The lowest BCUT2D eigenvalue weighted by Crippen LogP contribution is -2.33. The third kappa shape index (κ3) is 8.72. The zero-order chi connectivity index (χ0) is 32.3. The van der Waals surface area contributed by atoms with E-state index >= 15 is 0 Å². The summed E-state index contributed by atoms with van der Waals surface area (Å²) in [6, 6.07) is 20.3. The molecule has 0 fully saturated rings. The number of rotatable bonds is 14. The van der Waals surface area contributed by atoms with Crippen LogP contribution in [0.5, 0.6) is 0 Å². The van der Waals surface area contributed by atoms with E-state index in [2.05, 4.69) is 93.1 Å². The molecule has 2 aliphatic rings. The molecule has 1 aliphatic heterocycles. The van der Waals surface area contributed by atoms with Crippen molar-refractivity contribution in [1.29, 1.82) is 0 Å². The highest BCUT2D eigenvalue weighted by Crippen LogP contribution is 2.41. The van der Waals surface area contributed by atoms with E-state index in [0.717, 1.165) is 83.1 Å². The quantitative estimate of drug-likeness (QED) is 0.0691. The van der Waals surface area contributed by atoms with Gasteiger partial charge in [0.05, 0.1) is 6.07 Å². The first kappa shape index (κ1) is 33.7. The molecule has 2 aromatic carbocycles. The first-order chi connectivity index (χ1) is 21.7. The highest BCUT2D eigenvalue weighted by molar-refractivity contribution is 6.09. The Bertz CT molecular complexity index is 1670. The molecule has 0 radical (unpaired) electrons. The lowest BCUT2D eigenvalue weighted by molar-refractivity contribution is -0.121. The molecule has 2 aromatic rings. The van der Waals surface area contributed by atoms with Crippen LogP contribution in [0.15, 0.2) is 77.2 Å². The van der Waals surface area contributed by atoms with Gasteiger partial charge in [-0.2, -0.15) is 0 Å². The molecular formula is C39H50N3O3+. The van der Waals surface area contributed by atoms with Gasteiger partial charge in [-0.1, -0.05) is 62.8 Å². The molecule has 0 bridgehead atoms. The summed E-state index contributed by atoms with van der Waals surface area (Å²) in [5, 5.41) is 5.09. The fourth-order valence-electron chi connectivity index (χ4n) is 5.77. The van der Waals surface area contributed by atoms with Crippen molar-refractivity contribution in [2.75, 3.05) is 33.2 Å². The number of allylic oxidation sites excluding steroid dienone is 2. The molecular weight excluding hydrogens is 558 g/mol. The molecule has 0 saturated carbocycles. The highest BCUT2D eigenvalue weighted by Gasteiger charge is 2.23. The van der Waals surface area contributed by atoms with Crippen LogP contribution in [0.1, 0.15) is 75.7 Å². The molecule has 6 heteroatoms. The van der Waals surface area contributed by atoms with E-state index in [1.165, 1.54) is 0 Å². The largest absolute Gasteiger partial charge is 0.456 e. The zero-order valence-electron chi connectivity index (χ0n) is 28.0. The van der Waals surface area contributed by atoms with E-state index in [9.17, 15) is 9.59 Å². The van der Waals surface area contributed by atoms with Crippen LogP contribution in [0, 0.1) is 12.8 Å². The van der Waals surface area contributed by atoms with Gasteiger partial charge in [0.1, 0.15) is 24.4 Å². The molecule has 0 spiro atoms. The molecule has 1 heterocycles. The molecule has 238 valence electrons. The Morgan fingerprint density at radius 1 is 0.956 bits per heavy atom. The van der Waals surface area contributed by atoms with Crippen LogP contribution in [0.3, 0.4) is 0 Å². The van der Waals surface area contributed by atoms with Crippen molar-refractivity contribution >= 4 is 22.8 Å². The lowest BCUT2D eigenvalue weighted by Gasteiger charge is -2.21. The van der Waals surface area contributed by atoms with Crippen molar-refractivity contribution in [2.24, 2.45) is 5.92 Å². The van der Waals surface area contributed by atoms with Gasteiger partial charge < -0.3 is 14.6 Å². The van der Waals surface area contributed by atoms with Gasteiger partial charge in [-0.25, -0.2) is 4.58 Å². The molecule has 1 aliphatic carbocycles. The number of unbranched alkanes of at least 4 members (excludes halogenated alkanes) is 3. The molecule has 45 heavy (non-hydrogen) atoms. The summed E-state index contributed by atoms with van der Waals surface area (Å²) in [4.78, 5) is 28.1. The van der Waals surface area contributed by atoms with Crippen LogP contribution in [0.25, 0.3) is 33.4 Å². The number of benzene rings is 3. The van der Waals surface area contributed by atoms with Crippen molar-refractivity contribution in [3.8, 4) is 22.5 Å². The number of nitrogens with one attached hydrogen (secondary N) is 1. The van der Waals surface area contributed by atoms with Crippen LogP contribution < -0.4 is 15.2 Å². The third-order valence-electron chi connectivity index (χ3n) is 8.33. The second kappa shape index (κ2) is 16.2. The molecule has 2 amide bonds. The molecule has 6 nitrogen and oxygen atoms in total. The van der Waals surface area contributed by atoms with Gasteiger partial charge >= 0.3 is 0 Å². The number of carbonyl (C=O) groups excluding carboxylic acids is 2. The van der Waals surface area contributed by atoms with Gasteiger partial charge in [0.25, 0.3) is 5.91 Å². The van der Waals surface area contributed by atoms with Gasteiger partial charge in [-0.05, 0) is 75.3 Å². The van der Waals surface area contributed by atoms with Gasteiger partial charge in [-0.3, -0.25) is 9.59 Å². The molecule has 0 aromatic heterocycles. The maximum absolute atomic E-state index is 13.9. The number of fused-ring (bicyclic) bond motifs is 2. The van der Waals surface area contributed by atoms with E-state index in [0.29, 0.717) is 24.6 Å². The first-order valence-electron chi connectivity index (χ1n) is 16.6. The minimum Gasteiger partial charge on any atom is -0.456 e. The standard InChI is InChI=1S/C39H49N3O3/c1-7-42(8-2)30-20-22-34-36(27-30)45-35-26-29(5)19-21-33(35)38(34)31-17-13-14-18-32(31)39(44)41(6)25-23-37(43)40-24-15-11-9-10-12-16-28(3)4/h12-14,16-22,26-28H,7-11,15,23-25H2,1-6H3/p+1/b16-12+. The molecule has 0 unspecified atom stereocenters. The Morgan fingerprint density at radius 2 is 1.73 bits per heavy atom. The van der Waals surface area contributed by atoms with Crippen LogP contribution in [-0.2, 0) is 4.79 Å². The Balaban J connectivity index is 1.53. The Hall–Kier alpha value is -4.19. The predicted molar refractivity (Wildman–Crippen MR) is 186 cm³/mol. The summed E-state index contributed by atoms with van der Waals surface area (Å²) in [6.45, 7) is 13.5. The van der Waals surface area contributed by atoms with Crippen molar-refractivity contribution in [1.82, 2.24) is 14.8 Å². The van der Waals surface area contributed by atoms with Crippen molar-refractivity contribution in [3.63, 3.8) is 0 Å². The number of hydrogen-bond donors (Lipinski definition) is 1. The van der Waals surface area contributed by atoms with E-state index in [4.69, 9.17) is 4.42 Å². The van der Waals surface area contributed by atoms with Crippen molar-refractivity contribution < 1.29 is 14.0 Å². The van der Waals surface area contributed by atoms with E-state index in [1.807, 2.05) is 24.3 Å². The molecule has 0 saturated heterocycles. The number of aryl methyl sites for hydroxylation is 1. The van der Waals surface area contributed by atoms with Crippen molar-refractivity contribution in [2.45, 2.75) is 66.7 Å². The fourth-order valence-corrected chi connectivity index (χ4v) is 5.77. The summed E-state index contributed by atoms with van der Waals surface area (Å²) in [5.41, 5.74) is 5.29. The van der Waals surface area contributed by atoms with E-state index in [-0.39, 0.29) is 18.2 Å². The number of hydrogen-bond acceptors (Lipinski definition) is 3. The number of nitrogens with zero attached hydrogens (tertiary/aromatic N) is 2. The van der Waals surface area contributed by atoms with Crippen LogP contribution in [0.2, 0.25) is 0 Å². The summed E-state index contributed by atoms with van der Waals surface area (Å²) in [5.74, 6) is 1.24. The molecule has 1 N–H and O–H groups in total. The van der Waals surface area contributed by atoms with Gasteiger partial charge in [0.15, 0.2) is 0 Å². The van der Waals surface area contributed by atoms with E-state index < -0.39 is 0 Å². The smallest absolute Gasteiger partial charge is 0.254 e. The van der Waals surface area contributed by atoms with Crippen LogP contribution >= 0.6 is 0 Å². The second-order valence-electron chi connectivity index (χ2n) is 12.2. The summed E-state index contributed by atoms with van der Waals surface area (Å²) < 4.78 is 8.78. The highest BCUT2D eigenvalue weighted by atomic mass is 16.3. The van der Waals surface area contributed by atoms with Gasteiger partial charge in [-0.15, -0.1) is 0 Å². The minimum absolute atomic E-state index is 0.0244. The number of amides is 2. The number of carbonyl (C=O) groups is 2. The minimum atomic E-state index is -0.109. The summed E-state index contributed by atoms with van der Waals surface area (Å²) in [7, 11) is 1.77. The summed E-state index contributed by atoms with van der Waals surface area (Å²) in [6.07, 6.45) is 9.02. The maximum Gasteiger partial charge on any atom is 0.254 e. The SMILES string of the molecule is CC[N+](CC)=c1ccc2c(-c3ccccc3C(=O)N(C)CCC(=O)NCCCCC/C=C/C(C)C)c3ccc(C)cc3oc-2c1. The van der Waals surface area contributed by atoms with Crippen LogP contribution in [-0.4, -0.2) is 49.9 Å². The van der Waals surface area contributed by atoms with Crippen LogP contribution in [0.4, 0.5) is 0 Å². The van der Waals surface area contributed by atoms with E-state index in [1.54, 1.807) is 11.9 Å². The maximum atomic E-state index is 13.9. The van der Waals surface area contributed by atoms with Crippen molar-refractivity contribution in [3.05, 3.63) is 89.3 Å². The predicted octanol–water partition coefficient (Wildman–Crippen LogP) is 7.68. The Kier molecular flexibility index (Phi) is 12.1. The lowest BCUT2D eigenvalue weighted by atomic mass is 9.90. The topological polar surface area (TPSA) is 65.6 Å². The fraction of sp³-hybridized carbons (Fsp3) is 0.410.